The summed E-state index contributed by atoms with van der Waals surface area (Å²) in [6, 6.07) is 2.04. The molecule has 0 N–H and O–H groups in total. The number of aldehydes is 1. The molecule has 68 valence electrons. The van der Waals surface area contributed by atoms with Crippen LogP contribution in [0.4, 0.5) is 0 Å². The van der Waals surface area contributed by atoms with Crippen LogP contribution >= 0.6 is 27.3 Å². The monoisotopic (exact) mass is 258 g/mol. The second kappa shape index (κ2) is 4.49. The van der Waals surface area contributed by atoms with Crippen LogP contribution in [0.2, 0.25) is 0 Å². The van der Waals surface area contributed by atoms with Gasteiger partial charge in [-0.3, -0.25) is 4.79 Å². The van der Waals surface area contributed by atoms with Crippen LogP contribution in [0.1, 0.15) is 31.6 Å². The number of nitriles is 1. The van der Waals surface area contributed by atoms with Crippen LogP contribution in [-0.2, 0) is 0 Å². The first-order chi connectivity index (χ1) is 6.19. The normalized spacial score (nSPS) is 12.1. The molecule has 3 nitrogen and oxygen atoms in total. The first-order valence-corrected chi connectivity index (χ1v) is 5.35. The molecule has 1 aromatic heterocycles. The molecular weight excluding hydrogens is 252 g/mol. The number of thiazole rings is 1. The molecule has 1 aromatic rings. The van der Waals surface area contributed by atoms with Crippen LogP contribution in [-0.4, -0.2) is 11.3 Å². The topological polar surface area (TPSA) is 53.8 Å². The summed E-state index contributed by atoms with van der Waals surface area (Å²) in [5.74, 6) is 0. The third-order valence-corrected chi connectivity index (χ3v) is 3.75. The third-order valence-electron chi connectivity index (χ3n) is 1.49. The number of halogens is 1. The Bertz CT molecular complexity index is 356. The third kappa shape index (κ3) is 2.36. The maximum absolute atomic E-state index is 10.5. The molecule has 1 unspecified atom stereocenters. The number of hydrogen-bond donors (Lipinski definition) is 0. The lowest BCUT2D eigenvalue weighted by Crippen LogP contribution is -1.86. The van der Waals surface area contributed by atoms with Crippen LogP contribution in [0.5, 0.6) is 0 Å². The average molecular weight is 259 g/mol. The highest BCUT2D eigenvalue weighted by Crippen LogP contribution is 2.30. The van der Waals surface area contributed by atoms with Gasteiger partial charge < -0.3 is 0 Å². The number of alkyl halides is 1. The van der Waals surface area contributed by atoms with Gasteiger partial charge in [0.2, 0.25) is 0 Å². The van der Waals surface area contributed by atoms with E-state index in [-0.39, 0.29) is 4.83 Å². The molecule has 1 heterocycles. The van der Waals surface area contributed by atoms with E-state index < -0.39 is 0 Å². The van der Waals surface area contributed by atoms with Gasteiger partial charge in [-0.05, 0) is 6.92 Å². The summed E-state index contributed by atoms with van der Waals surface area (Å²) in [7, 11) is 0. The Hall–Kier alpha value is -0.730. The number of hydrogen-bond acceptors (Lipinski definition) is 4. The van der Waals surface area contributed by atoms with E-state index in [1.165, 1.54) is 11.3 Å². The molecule has 0 aliphatic heterocycles. The van der Waals surface area contributed by atoms with Crippen molar-refractivity contribution in [2.45, 2.75) is 18.2 Å². The van der Waals surface area contributed by atoms with Gasteiger partial charge in [0, 0.05) is 0 Å². The summed E-state index contributed by atoms with van der Waals surface area (Å²) in [6.45, 7) is 1.79. The van der Waals surface area contributed by atoms with Crippen LogP contribution < -0.4 is 0 Å². The van der Waals surface area contributed by atoms with Gasteiger partial charge in [-0.2, -0.15) is 5.26 Å². The molecule has 0 aliphatic carbocycles. The van der Waals surface area contributed by atoms with Crippen molar-refractivity contribution in [3.05, 3.63) is 15.6 Å². The lowest BCUT2D eigenvalue weighted by Gasteiger charge is -1.97. The average Bonchev–Trinajstić information content (AvgIpc) is 2.47. The Morgan fingerprint density at radius 3 is 3.00 bits per heavy atom. The largest absolute Gasteiger partial charge is 0.297 e. The zero-order valence-electron chi connectivity index (χ0n) is 6.95. The fourth-order valence-electron chi connectivity index (χ4n) is 0.840. The van der Waals surface area contributed by atoms with E-state index in [4.69, 9.17) is 5.26 Å². The Morgan fingerprint density at radius 1 is 1.85 bits per heavy atom. The molecule has 0 saturated carbocycles. The lowest BCUT2D eigenvalue weighted by atomic mass is 10.3. The van der Waals surface area contributed by atoms with Crippen LogP contribution in [0.3, 0.4) is 0 Å². The van der Waals surface area contributed by atoms with Crippen molar-refractivity contribution in [1.29, 1.82) is 5.26 Å². The Morgan fingerprint density at radius 2 is 2.54 bits per heavy atom. The molecule has 0 fully saturated rings. The number of rotatable bonds is 3. The van der Waals surface area contributed by atoms with Gasteiger partial charge in [0.25, 0.3) is 0 Å². The highest BCUT2D eigenvalue weighted by atomic mass is 79.9. The minimum atomic E-state index is -0.0603. The fraction of sp³-hybridized carbons (Fsp3) is 0.375. The van der Waals surface area contributed by atoms with Crippen molar-refractivity contribution in [2.75, 3.05) is 0 Å². The van der Waals surface area contributed by atoms with Gasteiger partial charge in [0.15, 0.2) is 6.29 Å². The predicted molar refractivity (Wildman–Crippen MR) is 54.1 cm³/mol. The summed E-state index contributed by atoms with van der Waals surface area (Å²) in [4.78, 5) is 15.3. The molecular formula is C8H7BrN2OS. The molecule has 0 bridgehead atoms. The molecule has 0 saturated heterocycles. The Balaban J connectivity index is 2.91. The first-order valence-electron chi connectivity index (χ1n) is 3.62. The highest BCUT2D eigenvalue weighted by molar-refractivity contribution is 9.09. The molecule has 13 heavy (non-hydrogen) atoms. The second-order valence-corrected chi connectivity index (χ2v) is 4.62. The van der Waals surface area contributed by atoms with Crippen LogP contribution in [0.25, 0.3) is 0 Å². The number of carbonyl (C=O) groups excluding carboxylic acids is 1. The fourth-order valence-corrected chi connectivity index (χ4v) is 2.23. The van der Waals surface area contributed by atoms with Gasteiger partial charge in [0.05, 0.1) is 27.9 Å². The van der Waals surface area contributed by atoms with Crippen molar-refractivity contribution in [2.24, 2.45) is 0 Å². The van der Waals surface area contributed by atoms with Crippen LogP contribution in [0, 0.1) is 18.3 Å². The Labute approximate surface area is 88.5 Å². The highest BCUT2D eigenvalue weighted by Gasteiger charge is 2.13. The minimum absolute atomic E-state index is 0.0603. The van der Waals surface area contributed by atoms with E-state index >= 15 is 0 Å². The summed E-state index contributed by atoms with van der Waals surface area (Å²) in [5, 5.41) is 9.25. The smallest absolute Gasteiger partial charge is 0.161 e. The molecule has 0 spiro atoms. The summed E-state index contributed by atoms with van der Waals surface area (Å²) >= 11 is 4.66. The first kappa shape index (κ1) is 10.4. The number of carbonyl (C=O) groups is 1. The summed E-state index contributed by atoms with van der Waals surface area (Å²) in [6.07, 6.45) is 1.16. The van der Waals surface area contributed by atoms with Crippen molar-refractivity contribution in [3.63, 3.8) is 0 Å². The van der Waals surface area contributed by atoms with Gasteiger partial charge in [0.1, 0.15) is 5.01 Å². The van der Waals surface area contributed by atoms with Gasteiger partial charge >= 0.3 is 0 Å². The Kier molecular flexibility index (Phi) is 3.58. The lowest BCUT2D eigenvalue weighted by molar-refractivity contribution is 0.112. The quantitative estimate of drug-likeness (QED) is 0.619. The van der Waals surface area contributed by atoms with E-state index in [0.717, 1.165) is 17.0 Å². The standard InChI is InChI=1S/C8H7BrN2OS/c1-5-7(4-12)13-8(11-5)6(9)2-3-10/h4,6H,2H2,1H3. The van der Waals surface area contributed by atoms with E-state index in [2.05, 4.69) is 20.9 Å². The zero-order chi connectivity index (χ0) is 9.84. The van der Waals surface area contributed by atoms with Gasteiger partial charge in [-0.15, -0.1) is 11.3 Å². The second-order valence-electron chi connectivity index (χ2n) is 2.45. The van der Waals surface area contributed by atoms with E-state index in [0.29, 0.717) is 11.3 Å². The number of aromatic nitrogens is 1. The molecule has 0 amide bonds. The van der Waals surface area contributed by atoms with Crippen molar-refractivity contribution < 1.29 is 4.79 Å². The van der Waals surface area contributed by atoms with Gasteiger partial charge in [-0.25, -0.2) is 4.98 Å². The van der Waals surface area contributed by atoms with Crippen molar-refractivity contribution in [1.82, 2.24) is 4.98 Å². The molecule has 1 rings (SSSR count). The van der Waals surface area contributed by atoms with Crippen molar-refractivity contribution >= 4 is 33.6 Å². The summed E-state index contributed by atoms with van der Waals surface area (Å²) in [5.41, 5.74) is 0.734. The number of aryl methyl sites for hydroxylation is 1. The zero-order valence-corrected chi connectivity index (χ0v) is 9.35. The minimum Gasteiger partial charge on any atom is -0.297 e. The van der Waals surface area contributed by atoms with Crippen molar-refractivity contribution in [3.8, 4) is 6.07 Å². The molecule has 0 aliphatic rings. The van der Waals surface area contributed by atoms with Crippen LogP contribution in [0.15, 0.2) is 0 Å². The van der Waals surface area contributed by atoms with Gasteiger partial charge in [-0.1, -0.05) is 15.9 Å². The maximum atomic E-state index is 10.5. The van der Waals surface area contributed by atoms with E-state index in [1.54, 1.807) is 6.92 Å². The molecule has 0 radical (unpaired) electrons. The maximum Gasteiger partial charge on any atom is 0.161 e. The SMILES string of the molecule is Cc1nc(C(Br)CC#N)sc1C=O. The van der Waals surface area contributed by atoms with E-state index in [9.17, 15) is 4.79 Å². The predicted octanol–water partition coefficient (Wildman–Crippen LogP) is 2.61. The van der Waals surface area contributed by atoms with E-state index in [1.807, 2.05) is 6.07 Å². The molecule has 1 atom stereocenters. The number of nitrogens with zero attached hydrogens (tertiary/aromatic N) is 2. The molecule has 0 aromatic carbocycles. The summed E-state index contributed by atoms with van der Waals surface area (Å²) < 4.78 is 0. The molecule has 5 heteroatoms.